The van der Waals surface area contributed by atoms with Crippen molar-refractivity contribution >= 4 is 69.5 Å². The van der Waals surface area contributed by atoms with E-state index < -0.39 is 35.8 Å². The van der Waals surface area contributed by atoms with Gasteiger partial charge in [0, 0.05) is 65.4 Å². The summed E-state index contributed by atoms with van der Waals surface area (Å²) >= 11 is 0. The van der Waals surface area contributed by atoms with Crippen LogP contribution < -0.4 is 49.9 Å². The van der Waals surface area contributed by atoms with Crippen LogP contribution in [0.15, 0.2) is 110 Å². The number of nitrogens with zero attached hydrogens (tertiary/aromatic N) is 8. The van der Waals surface area contributed by atoms with E-state index in [9.17, 15) is 59.4 Å². The third-order valence-corrected chi connectivity index (χ3v) is 9.74. The van der Waals surface area contributed by atoms with Crippen molar-refractivity contribution < 1.29 is 68.9 Å². The van der Waals surface area contributed by atoms with E-state index in [4.69, 9.17) is 29.4 Å². The van der Waals surface area contributed by atoms with Crippen LogP contribution in [0.4, 0.5) is 11.9 Å². The Bertz CT molecular complexity index is 2240. The number of hydrogen-bond acceptors (Lipinski definition) is 22. The second-order valence-corrected chi connectivity index (χ2v) is 15.2. The maximum absolute atomic E-state index is 9.41. The molecule has 6 rings (SSSR count). The number of anilines is 2. The zero-order valence-electron chi connectivity index (χ0n) is 40.3. The van der Waals surface area contributed by atoms with Gasteiger partial charge in [-0.3, -0.25) is 9.80 Å². The Balaban J connectivity index is 0.000000343. The van der Waals surface area contributed by atoms with Crippen LogP contribution in [-0.4, -0.2) is 144 Å². The van der Waals surface area contributed by atoms with Crippen molar-refractivity contribution in [3.63, 3.8) is 0 Å². The number of carbonyl (C=O) groups excluding carboxylic acids is 6. The third-order valence-electron chi connectivity index (χ3n) is 9.74. The molecule has 0 bridgehead atoms. The molecule has 0 N–H and O–H groups in total. The fourth-order valence-electron chi connectivity index (χ4n) is 6.24. The average molecular weight is 995 g/mol. The number of aromatic nitrogens is 4. The molecular weight excluding hydrogens is 937 g/mol. The molecular formula is C50H58N8O14-6. The van der Waals surface area contributed by atoms with Gasteiger partial charge in [-0.1, -0.05) is 63.1 Å². The number of piperazine rings is 2. The molecule has 0 atom stereocenters. The van der Waals surface area contributed by atoms with Gasteiger partial charge in [-0.25, -0.2) is 9.97 Å². The molecule has 0 radical (unpaired) electrons. The molecule has 0 saturated carbocycles. The summed E-state index contributed by atoms with van der Waals surface area (Å²) in [6, 6.07) is 16.2. The Morgan fingerprint density at radius 3 is 1.04 bits per heavy atom. The summed E-state index contributed by atoms with van der Waals surface area (Å²) < 4.78 is 11.9. The fraction of sp³-hybridized carbons (Fsp3) is 0.360. The smallest absolute Gasteiger partial charge is 0.229 e. The summed E-state index contributed by atoms with van der Waals surface area (Å²) in [6.45, 7) is 23.0. The Labute approximate surface area is 417 Å². The standard InChI is InChI=1S/2C19H26N4O.3C4H4O4/c2*1-3-5-15-24-18-16-8-6-7-9-17(16)20-19(21-18)23-13-11-22(10-4-2)12-14-23;3*5-3(6)1-2-4(7)8/h2*4,6-9H,2-3,5,10-15H2,1H3;3*1-2H,(H,5,6)(H,7,8)/p-6/b;;3*2-1+. The number of rotatable bonds is 20. The summed E-state index contributed by atoms with van der Waals surface area (Å²) in [5.74, 6) is -6.32. The zero-order valence-corrected chi connectivity index (χ0v) is 40.3. The second kappa shape index (κ2) is 34.1. The lowest BCUT2D eigenvalue weighted by Crippen LogP contribution is -2.46. The molecule has 72 heavy (non-hydrogen) atoms. The lowest BCUT2D eigenvalue weighted by molar-refractivity contribution is -0.301. The number of benzene rings is 2. The third kappa shape index (κ3) is 24.4. The summed E-state index contributed by atoms with van der Waals surface area (Å²) in [7, 11) is 0. The van der Waals surface area contributed by atoms with E-state index in [-0.39, 0.29) is 0 Å². The molecule has 2 saturated heterocycles. The summed E-state index contributed by atoms with van der Waals surface area (Å²) in [6.07, 6.45) is 10.5. The van der Waals surface area contributed by atoms with Crippen molar-refractivity contribution in [2.75, 3.05) is 88.5 Å². The largest absolute Gasteiger partial charge is 0.545 e. The number of para-hydroxylation sites is 2. The minimum Gasteiger partial charge on any atom is -0.545 e. The normalized spacial score (nSPS) is 13.6. The molecule has 2 aromatic heterocycles. The van der Waals surface area contributed by atoms with Gasteiger partial charge >= 0.3 is 0 Å². The first kappa shape index (κ1) is 59.9. The maximum Gasteiger partial charge on any atom is 0.229 e. The minimum absolute atomic E-state index is 0.384. The van der Waals surface area contributed by atoms with Crippen LogP contribution >= 0.6 is 0 Å². The van der Waals surface area contributed by atoms with E-state index in [1.807, 2.05) is 60.7 Å². The molecule has 0 unspecified atom stereocenters. The van der Waals surface area contributed by atoms with Crippen LogP contribution in [0.25, 0.3) is 21.8 Å². The number of aliphatic carboxylic acids is 6. The number of carboxylic acid groups (broad SMARTS) is 6. The fourth-order valence-corrected chi connectivity index (χ4v) is 6.24. The van der Waals surface area contributed by atoms with Gasteiger partial charge in [0.05, 0.1) is 70.8 Å². The highest BCUT2D eigenvalue weighted by atomic mass is 16.5. The average Bonchev–Trinajstić information content (AvgIpc) is 3.36. The number of carbonyl (C=O) groups is 6. The van der Waals surface area contributed by atoms with Crippen LogP contribution in [0.1, 0.15) is 39.5 Å². The molecule has 2 aromatic carbocycles. The van der Waals surface area contributed by atoms with Crippen LogP contribution in [-0.2, 0) is 28.8 Å². The number of fused-ring (bicyclic) bond motifs is 2. The van der Waals surface area contributed by atoms with Crippen LogP contribution in [0.5, 0.6) is 11.8 Å². The highest BCUT2D eigenvalue weighted by molar-refractivity contribution is 5.89. The number of ether oxygens (including phenoxy) is 2. The van der Waals surface area contributed by atoms with Crippen molar-refractivity contribution in [3.8, 4) is 11.8 Å². The van der Waals surface area contributed by atoms with Crippen molar-refractivity contribution in [2.45, 2.75) is 39.5 Å². The van der Waals surface area contributed by atoms with Crippen molar-refractivity contribution in [1.29, 1.82) is 0 Å². The van der Waals surface area contributed by atoms with Crippen molar-refractivity contribution in [3.05, 3.63) is 110 Å². The van der Waals surface area contributed by atoms with Crippen LogP contribution in [0, 0.1) is 0 Å². The van der Waals surface area contributed by atoms with Gasteiger partial charge in [0.15, 0.2) is 0 Å². The Morgan fingerprint density at radius 1 is 0.486 bits per heavy atom. The molecule has 0 aliphatic carbocycles. The van der Waals surface area contributed by atoms with Crippen LogP contribution in [0.2, 0.25) is 0 Å². The lowest BCUT2D eigenvalue weighted by atomic mass is 10.2. The van der Waals surface area contributed by atoms with Gasteiger partial charge < -0.3 is 78.7 Å². The van der Waals surface area contributed by atoms with Crippen molar-refractivity contribution in [1.82, 2.24) is 29.7 Å². The van der Waals surface area contributed by atoms with E-state index in [0.717, 1.165) is 125 Å². The van der Waals surface area contributed by atoms with E-state index in [1.54, 1.807) is 0 Å². The predicted molar refractivity (Wildman–Crippen MR) is 255 cm³/mol. The molecule has 22 nitrogen and oxygen atoms in total. The quantitative estimate of drug-likeness (QED) is 0.0496. The molecule has 388 valence electrons. The number of unbranched alkanes of at least 4 members (excludes halogenated alkanes) is 2. The second-order valence-electron chi connectivity index (χ2n) is 15.2. The highest BCUT2D eigenvalue weighted by Crippen LogP contribution is 2.27. The summed E-state index contributed by atoms with van der Waals surface area (Å²) in [5, 5.41) is 58.5. The van der Waals surface area contributed by atoms with Crippen molar-refractivity contribution in [2.24, 2.45) is 0 Å². The highest BCUT2D eigenvalue weighted by Gasteiger charge is 2.21. The monoisotopic (exact) mass is 994 g/mol. The van der Waals surface area contributed by atoms with Crippen LogP contribution in [0.3, 0.4) is 0 Å². The van der Waals surface area contributed by atoms with E-state index in [2.05, 4.69) is 46.6 Å². The van der Waals surface area contributed by atoms with E-state index >= 15 is 0 Å². The number of carboxylic acids is 6. The molecule has 4 heterocycles. The lowest BCUT2D eigenvalue weighted by Gasteiger charge is -2.34. The minimum atomic E-state index is -1.55. The van der Waals surface area contributed by atoms with Gasteiger partial charge in [-0.05, 0) is 73.6 Å². The number of hydrogen-bond donors (Lipinski definition) is 0. The van der Waals surface area contributed by atoms with E-state index in [1.165, 1.54) is 0 Å². The molecule has 2 aliphatic heterocycles. The van der Waals surface area contributed by atoms with Gasteiger partial charge in [-0.15, -0.1) is 13.2 Å². The first-order chi connectivity index (χ1) is 34.5. The predicted octanol–water partition coefficient (Wildman–Crippen LogP) is -2.64. The molecule has 0 spiro atoms. The maximum atomic E-state index is 9.41. The first-order valence-corrected chi connectivity index (χ1v) is 22.8. The Kier molecular flexibility index (Phi) is 28.4. The van der Waals surface area contributed by atoms with Gasteiger partial charge in [0.25, 0.3) is 0 Å². The molecule has 2 aliphatic rings. The molecule has 2 fully saturated rings. The van der Waals surface area contributed by atoms with Gasteiger partial charge in [0.2, 0.25) is 23.7 Å². The molecule has 22 heteroatoms. The topological polar surface area (TPSA) is 324 Å². The molecule has 0 amide bonds. The molecule has 4 aromatic rings. The van der Waals surface area contributed by atoms with Gasteiger partial charge in [-0.2, -0.15) is 9.97 Å². The zero-order chi connectivity index (χ0) is 53.3. The van der Waals surface area contributed by atoms with Gasteiger partial charge in [0.1, 0.15) is 0 Å². The Hall–Kier alpha value is -8.24. The van der Waals surface area contributed by atoms with E-state index in [0.29, 0.717) is 61.4 Å². The SMILES string of the molecule is C=CCN1CCN(c2nc(OCCCC)c3ccccc3n2)CC1.C=CCN1CCN(c2nc(OCCCC)c3ccccc3n2)CC1.O=C([O-])/C=C/C(=O)[O-].O=C([O-])/C=C/C(=O)[O-].O=C([O-])/C=C/C(=O)[O-]. The first-order valence-electron chi connectivity index (χ1n) is 22.8. The summed E-state index contributed by atoms with van der Waals surface area (Å²) in [5.41, 5.74) is 1.89. The summed E-state index contributed by atoms with van der Waals surface area (Å²) in [4.78, 5) is 84.7. The Morgan fingerprint density at radius 2 is 0.778 bits per heavy atom.